The fourth-order valence-corrected chi connectivity index (χ4v) is 2.01. The maximum atomic E-state index is 5.14. The van der Waals surface area contributed by atoms with E-state index in [0.717, 1.165) is 24.5 Å². The summed E-state index contributed by atoms with van der Waals surface area (Å²) in [5.74, 6) is 0.866. The first kappa shape index (κ1) is 12.0. The van der Waals surface area contributed by atoms with Crippen LogP contribution in [0, 0.1) is 0 Å². The highest BCUT2D eigenvalue weighted by Crippen LogP contribution is 2.20. The summed E-state index contributed by atoms with van der Waals surface area (Å²) < 4.78 is 7.12. The van der Waals surface area contributed by atoms with Crippen LogP contribution in [0.2, 0.25) is 0 Å². The fraction of sp³-hybridized carbons (Fsp3) is 0.250. The van der Waals surface area contributed by atoms with Crippen LogP contribution in [0.5, 0.6) is 5.75 Å². The maximum Gasteiger partial charge on any atom is 0.119 e. The van der Waals surface area contributed by atoms with E-state index in [9.17, 15) is 0 Å². The van der Waals surface area contributed by atoms with Gasteiger partial charge in [0.1, 0.15) is 5.75 Å². The molecule has 2 aromatic rings. The highest BCUT2D eigenvalue weighted by Gasteiger charge is 2.16. The molecule has 3 rings (SSSR count). The van der Waals surface area contributed by atoms with Crippen molar-refractivity contribution in [1.82, 2.24) is 15.1 Å². The number of halogens is 1. The van der Waals surface area contributed by atoms with Crippen molar-refractivity contribution in [3.63, 3.8) is 0 Å². The quantitative estimate of drug-likeness (QED) is 0.886. The van der Waals surface area contributed by atoms with Crippen LogP contribution in [0.1, 0.15) is 11.3 Å². The normalized spacial score (nSPS) is 13.0. The molecule has 4 nitrogen and oxygen atoms in total. The Morgan fingerprint density at radius 3 is 2.71 bits per heavy atom. The number of nitrogens with one attached hydrogen (secondary N) is 1. The number of hydrogen-bond donors (Lipinski definition) is 1. The molecule has 0 atom stereocenters. The molecule has 0 saturated heterocycles. The molecule has 0 amide bonds. The molecular weight excluding hydrogens is 238 g/mol. The summed E-state index contributed by atoms with van der Waals surface area (Å²) in [7, 11) is 1.67. The van der Waals surface area contributed by atoms with E-state index in [4.69, 9.17) is 4.74 Å². The SMILES string of the molecule is COc1ccc(-n2ncc3c2CNC3)cc1.Cl. The van der Waals surface area contributed by atoms with E-state index in [1.54, 1.807) is 7.11 Å². The van der Waals surface area contributed by atoms with Crippen molar-refractivity contribution in [1.29, 1.82) is 0 Å². The first-order chi connectivity index (χ1) is 7.88. The maximum absolute atomic E-state index is 5.14. The van der Waals surface area contributed by atoms with E-state index in [1.807, 2.05) is 35.1 Å². The Balaban J connectivity index is 0.00000108. The molecule has 17 heavy (non-hydrogen) atoms. The third kappa shape index (κ3) is 2.01. The number of aromatic nitrogens is 2. The Hall–Kier alpha value is -1.52. The van der Waals surface area contributed by atoms with E-state index in [1.165, 1.54) is 11.3 Å². The van der Waals surface area contributed by atoms with Crippen molar-refractivity contribution >= 4 is 12.4 Å². The van der Waals surface area contributed by atoms with Gasteiger partial charge < -0.3 is 10.1 Å². The Bertz CT molecular complexity index is 507. The summed E-state index contributed by atoms with van der Waals surface area (Å²) in [5.41, 5.74) is 3.62. The number of methoxy groups -OCH3 is 1. The summed E-state index contributed by atoms with van der Waals surface area (Å²) in [5, 5.41) is 7.71. The molecule has 0 fully saturated rings. The molecule has 90 valence electrons. The van der Waals surface area contributed by atoms with Crippen LogP contribution < -0.4 is 10.1 Å². The molecule has 0 unspecified atom stereocenters. The minimum Gasteiger partial charge on any atom is -0.497 e. The Morgan fingerprint density at radius 1 is 1.24 bits per heavy atom. The highest BCUT2D eigenvalue weighted by atomic mass is 35.5. The lowest BCUT2D eigenvalue weighted by molar-refractivity contribution is 0.414. The van der Waals surface area contributed by atoms with Gasteiger partial charge >= 0.3 is 0 Å². The van der Waals surface area contributed by atoms with Gasteiger partial charge in [0.2, 0.25) is 0 Å². The standard InChI is InChI=1S/C12H13N3O.ClH/c1-16-11-4-2-10(3-5-11)15-12-8-13-6-9(12)7-14-15;/h2-5,7,13H,6,8H2,1H3;1H. The minimum atomic E-state index is 0. The van der Waals surface area contributed by atoms with Crippen LogP contribution >= 0.6 is 12.4 Å². The van der Waals surface area contributed by atoms with E-state index in [0.29, 0.717) is 0 Å². The van der Waals surface area contributed by atoms with Gasteiger partial charge in [-0.15, -0.1) is 12.4 Å². The molecule has 0 radical (unpaired) electrons. The molecule has 1 aliphatic heterocycles. The van der Waals surface area contributed by atoms with Crippen LogP contribution in [0.4, 0.5) is 0 Å². The monoisotopic (exact) mass is 251 g/mol. The molecule has 1 aromatic carbocycles. The van der Waals surface area contributed by atoms with E-state index in [-0.39, 0.29) is 12.4 Å². The molecule has 5 heteroatoms. The van der Waals surface area contributed by atoms with Gasteiger partial charge in [-0.2, -0.15) is 5.10 Å². The predicted molar refractivity (Wildman–Crippen MR) is 67.9 cm³/mol. The van der Waals surface area contributed by atoms with Gasteiger partial charge in [-0.1, -0.05) is 0 Å². The third-order valence-corrected chi connectivity index (χ3v) is 2.88. The zero-order chi connectivity index (χ0) is 11.0. The molecule has 0 bridgehead atoms. The van der Waals surface area contributed by atoms with Crippen molar-refractivity contribution in [3.8, 4) is 11.4 Å². The van der Waals surface area contributed by atoms with Crippen molar-refractivity contribution in [2.24, 2.45) is 0 Å². The smallest absolute Gasteiger partial charge is 0.119 e. The second kappa shape index (κ2) is 4.77. The highest BCUT2D eigenvalue weighted by molar-refractivity contribution is 5.85. The number of hydrogen-bond acceptors (Lipinski definition) is 3. The third-order valence-electron chi connectivity index (χ3n) is 2.88. The molecule has 1 aliphatic rings. The average Bonchev–Trinajstić information content (AvgIpc) is 2.91. The summed E-state index contributed by atoms with van der Waals surface area (Å²) in [4.78, 5) is 0. The van der Waals surface area contributed by atoms with Crippen molar-refractivity contribution in [3.05, 3.63) is 41.7 Å². The van der Waals surface area contributed by atoms with Gasteiger partial charge in [0.05, 0.1) is 24.7 Å². The zero-order valence-corrected chi connectivity index (χ0v) is 10.3. The van der Waals surface area contributed by atoms with Gasteiger partial charge in [-0.05, 0) is 24.3 Å². The van der Waals surface area contributed by atoms with Crippen molar-refractivity contribution in [2.45, 2.75) is 13.1 Å². The van der Waals surface area contributed by atoms with Gasteiger partial charge in [0.15, 0.2) is 0 Å². The molecule has 0 aliphatic carbocycles. The Morgan fingerprint density at radius 2 is 2.00 bits per heavy atom. The lowest BCUT2D eigenvalue weighted by Gasteiger charge is -2.06. The van der Waals surface area contributed by atoms with E-state index >= 15 is 0 Å². The molecule has 1 aromatic heterocycles. The van der Waals surface area contributed by atoms with Crippen LogP contribution in [-0.2, 0) is 13.1 Å². The molecule has 1 N–H and O–H groups in total. The first-order valence-electron chi connectivity index (χ1n) is 5.29. The van der Waals surface area contributed by atoms with Gasteiger partial charge in [0.25, 0.3) is 0 Å². The molecule has 0 spiro atoms. The molecule has 2 heterocycles. The fourth-order valence-electron chi connectivity index (χ4n) is 2.01. The average molecular weight is 252 g/mol. The first-order valence-corrected chi connectivity index (χ1v) is 5.29. The number of fused-ring (bicyclic) bond motifs is 1. The number of benzene rings is 1. The summed E-state index contributed by atoms with van der Waals surface area (Å²) in [6, 6.07) is 7.94. The summed E-state index contributed by atoms with van der Waals surface area (Å²) >= 11 is 0. The minimum absolute atomic E-state index is 0. The van der Waals surface area contributed by atoms with Gasteiger partial charge in [-0.3, -0.25) is 0 Å². The topological polar surface area (TPSA) is 39.1 Å². The van der Waals surface area contributed by atoms with Crippen LogP contribution in [-0.4, -0.2) is 16.9 Å². The van der Waals surface area contributed by atoms with Crippen LogP contribution in [0.3, 0.4) is 0 Å². The summed E-state index contributed by atoms with van der Waals surface area (Å²) in [6.45, 7) is 1.81. The molecule has 0 saturated carbocycles. The molecular formula is C12H14ClN3O. The zero-order valence-electron chi connectivity index (χ0n) is 9.51. The second-order valence-corrected chi connectivity index (χ2v) is 3.83. The van der Waals surface area contributed by atoms with Crippen LogP contribution in [0.25, 0.3) is 5.69 Å². The Kier molecular flexibility index (Phi) is 3.36. The van der Waals surface area contributed by atoms with Crippen LogP contribution in [0.15, 0.2) is 30.5 Å². The van der Waals surface area contributed by atoms with E-state index < -0.39 is 0 Å². The Labute approximate surface area is 106 Å². The largest absolute Gasteiger partial charge is 0.497 e. The lowest BCUT2D eigenvalue weighted by Crippen LogP contribution is -2.07. The number of nitrogens with zero attached hydrogens (tertiary/aromatic N) is 2. The summed E-state index contributed by atoms with van der Waals surface area (Å²) in [6.07, 6.45) is 1.93. The lowest BCUT2D eigenvalue weighted by atomic mass is 10.2. The second-order valence-electron chi connectivity index (χ2n) is 3.83. The van der Waals surface area contributed by atoms with Gasteiger partial charge in [-0.25, -0.2) is 4.68 Å². The van der Waals surface area contributed by atoms with Crippen molar-refractivity contribution in [2.75, 3.05) is 7.11 Å². The van der Waals surface area contributed by atoms with E-state index in [2.05, 4.69) is 10.4 Å². The number of ether oxygens (including phenoxy) is 1. The van der Waals surface area contributed by atoms with Gasteiger partial charge in [0, 0.05) is 18.7 Å². The van der Waals surface area contributed by atoms with Crippen molar-refractivity contribution < 1.29 is 4.74 Å². The number of rotatable bonds is 2. The predicted octanol–water partition coefficient (Wildman–Crippen LogP) is 1.91.